The van der Waals surface area contributed by atoms with Crippen LogP contribution < -0.4 is 10.6 Å². The molecule has 2 heterocycles. The van der Waals surface area contributed by atoms with Crippen molar-refractivity contribution in [2.24, 2.45) is 11.8 Å². The first-order valence-electron chi connectivity index (χ1n) is 11.4. The van der Waals surface area contributed by atoms with Crippen LogP contribution in [0.2, 0.25) is 0 Å². The van der Waals surface area contributed by atoms with Crippen LogP contribution in [0.15, 0.2) is 11.6 Å². The molecule has 0 aliphatic carbocycles. The third kappa shape index (κ3) is 7.25. The van der Waals surface area contributed by atoms with Gasteiger partial charge in [0.2, 0.25) is 17.6 Å². The SMILES string of the molecule is CC(C)C(NC(=O)[C@@H]1CCCN1C(=O)[C@@H](NC(=O)OC(C)(C)C)C(C)C)C(=O)c1nccs1. The molecule has 1 aromatic heterocycles. The number of carbonyl (C=O) groups excluding carboxylic acids is 4. The van der Waals surface area contributed by atoms with Gasteiger partial charge >= 0.3 is 6.09 Å². The van der Waals surface area contributed by atoms with Gasteiger partial charge in [-0.05, 0) is 45.4 Å². The van der Waals surface area contributed by atoms with E-state index >= 15 is 0 Å². The van der Waals surface area contributed by atoms with E-state index in [4.69, 9.17) is 4.74 Å². The average molecular weight is 481 g/mol. The van der Waals surface area contributed by atoms with Crippen molar-refractivity contribution in [3.8, 4) is 0 Å². The molecule has 3 amide bonds. The number of hydrogen-bond acceptors (Lipinski definition) is 7. The first kappa shape index (κ1) is 26.8. The van der Waals surface area contributed by atoms with Gasteiger partial charge in [-0.3, -0.25) is 14.4 Å². The molecule has 1 aliphatic rings. The van der Waals surface area contributed by atoms with Crippen molar-refractivity contribution >= 4 is 35.0 Å². The summed E-state index contributed by atoms with van der Waals surface area (Å²) in [7, 11) is 0. The van der Waals surface area contributed by atoms with E-state index in [1.54, 1.807) is 32.3 Å². The van der Waals surface area contributed by atoms with E-state index in [1.165, 1.54) is 16.2 Å². The van der Waals surface area contributed by atoms with Gasteiger partial charge in [-0.1, -0.05) is 27.7 Å². The number of carbonyl (C=O) groups is 4. The van der Waals surface area contributed by atoms with E-state index in [0.717, 1.165) is 0 Å². The summed E-state index contributed by atoms with van der Waals surface area (Å²) in [4.78, 5) is 57.2. The predicted octanol–water partition coefficient (Wildman–Crippen LogP) is 3.01. The Morgan fingerprint density at radius 2 is 1.73 bits per heavy atom. The van der Waals surface area contributed by atoms with E-state index < -0.39 is 29.8 Å². The molecule has 1 saturated heterocycles. The van der Waals surface area contributed by atoms with Gasteiger partial charge < -0.3 is 20.3 Å². The number of ketones is 1. The van der Waals surface area contributed by atoms with Gasteiger partial charge in [0.05, 0.1) is 6.04 Å². The summed E-state index contributed by atoms with van der Waals surface area (Å²) in [6.45, 7) is 13.0. The van der Waals surface area contributed by atoms with Crippen molar-refractivity contribution in [1.82, 2.24) is 20.5 Å². The summed E-state index contributed by atoms with van der Waals surface area (Å²) in [5.41, 5.74) is -0.694. The van der Waals surface area contributed by atoms with E-state index in [9.17, 15) is 19.2 Å². The van der Waals surface area contributed by atoms with Crippen LogP contribution in [0.1, 0.15) is 71.1 Å². The molecule has 0 spiro atoms. The van der Waals surface area contributed by atoms with Crippen LogP contribution in [0, 0.1) is 11.8 Å². The van der Waals surface area contributed by atoms with Gasteiger partial charge in [-0.25, -0.2) is 9.78 Å². The third-order valence-corrected chi connectivity index (χ3v) is 6.12. The average Bonchev–Trinajstić information content (AvgIpc) is 3.39. The summed E-state index contributed by atoms with van der Waals surface area (Å²) in [6.07, 6.45) is 2.03. The maximum absolute atomic E-state index is 13.3. The lowest BCUT2D eigenvalue weighted by Gasteiger charge is -2.32. The molecule has 1 unspecified atom stereocenters. The van der Waals surface area contributed by atoms with Gasteiger partial charge in [-0.15, -0.1) is 11.3 Å². The van der Waals surface area contributed by atoms with Gasteiger partial charge in [0.15, 0.2) is 5.01 Å². The summed E-state index contributed by atoms with van der Waals surface area (Å²) in [6, 6.07) is -2.27. The Morgan fingerprint density at radius 1 is 1.09 bits per heavy atom. The minimum absolute atomic E-state index is 0.145. The molecule has 33 heavy (non-hydrogen) atoms. The minimum Gasteiger partial charge on any atom is -0.444 e. The van der Waals surface area contributed by atoms with Crippen LogP contribution in [0.5, 0.6) is 0 Å². The van der Waals surface area contributed by atoms with Crippen molar-refractivity contribution in [3.05, 3.63) is 16.6 Å². The van der Waals surface area contributed by atoms with Gasteiger partial charge in [0, 0.05) is 18.1 Å². The monoisotopic (exact) mass is 480 g/mol. The van der Waals surface area contributed by atoms with E-state index in [0.29, 0.717) is 24.4 Å². The zero-order chi connectivity index (χ0) is 24.9. The molecule has 9 nitrogen and oxygen atoms in total. The van der Waals surface area contributed by atoms with Crippen molar-refractivity contribution in [1.29, 1.82) is 0 Å². The maximum atomic E-state index is 13.3. The summed E-state index contributed by atoms with van der Waals surface area (Å²) < 4.78 is 5.30. The number of alkyl carbamates (subject to hydrolysis) is 1. The second-order valence-electron chi connectivity index (χ2n) is 9.99. The van der Waals surface area contributed by atoms with Crippen molar-refractivity contribution in [2.75, 3.05) is 6.54 Å². The molecule has 0 aromatic carbocycles. The number of ether oxygens (including phenoxy) is 1. The fourth-order valence-electron chi connectivity index (χ4n) is 3.69. The molecular formula is C23H36N4O5S. The van der Waals surface area contributed by atoms with Crippen molar-refractivity contribution in [2.45, 2.75) is 85.0 Å². The summed E-state index contributed by atoms with van der Waals surface area (Å²) in [5.74, 6) is -1.29. The molecule has 0 saturated carbocycles. The molecule has 1 aliphatic heterocycles. The lowest BCUT2D eigenvalue weighted by atomic mass is 9.99. The standard InChI is InChI=1S/C23H36N4O5S/c1-13(2)16(18(28)20-24-10-12-33-20)25-19(29)15-9-8-11-27(15)21(30)17(14(3)4)26-22(31)32-23(5,6)7/h10,12-17H,8-9,11H2,1-7H3,(H,25,29)(H,26,31)/t15-,16?,17-/m0/s1. The highest BCUT2D eigenvalue weighted by Gasteiger charge is 2.40. The Labute approximate surface area is 199 Å². The molecule has 2 N–H and O–H groups in total. The Hall–Kier alpha value is -2.49. The van der Waals surface area contributed by atoms with Crippen LogP contribution in [0.25, 0.3) is 0 Å². The predicted molar refractivity (Wildman–Crippen MR) is 126 cm³/mol. The Kier molecular flexibility index (Phi) is 8.99. The number of amides is 3. The van der Waals surface area contributed by atoms with Crippen LogP contribution in [0.3, 0.4) is 0 Å². The molecule has 1 fully saturated rings. The fourth-order valence-corrected chi connectivity index (χ4v) is 4.31. The zero-order valence-electron chi connectivity index (χ0n) is 20.5. The maximum Gasteiger partial charge on any atom is 0.408 e. The van der Waals surface area contributed by atoms with Crippen LogP contribution in [-0.2, 0) is 14.3 Å². The largest absolute Gasteiger partial charge is 0.444 e. The molecule has 3 atom stereocenters. The second-order valence-corrected chi connectivity index (χ2v) is 10.9. The number of likely N-dealkylation sites (tertiary alicyclic amines) is 1. The Bertz CT molecular complexity index is 848. The van der Waals surface area contributed by atoms with Gasteiger partial charge in [-0.2, -0.15) is 0 Å². The van der Waals surface area contributed by atoms with Crippen molar-refractivity contribution < 1.29 is 23.9 Å². The van der Waals surface area contributed by atoms with Gasteiger partial charge in [0.25, 0.3) is 0 Å². The minimum atomic E-state index is -0.828. The fraction of sp³-hybridized carbons (Fsp3) is 0.696. The molecule has 184 valence electrons. The highest BCUT2D eigenvalue weighted by molar-refractivity contribution is 7.11. The quantitative estimate of drug-likeness (QED) is 0.552. The molecule has 10 heteroatoms. The number of hydrogen-bond donors (Lipinski definition) is 2. The number of nitrogens with zero attached hydrogens (tertiary/aromatic N) is 2. The van der Waals surface area contributed by atoms with Gasteiger partial charge in [0.1, 0.15) is 17.7 Å². The molecule has 2 rings (SSSR count). The normalized spacial score (nSPS) is 18.2. The molecular weight excluding hydrogens is 444 g/mol. The van der Waals surface area contributed by atoms with E-state index in [-0.39, 0.29) is 29.4 Å². The summed E-state index contributed by atoms with van der Waals surface area (Å²) in [5, 5.41) is 7.56. The molecule has 1 aromatic rings. The number of thiazole rings is 1. The number of nitrogens with one attached hydrogen (secondary N) is 2. The molecule has 0 bridgehead atoms. The highest BCUT2D eigenvalue weighted by atomic mass is 32.1. The van der Waals surface area contributed by atoms with E-state index in [2.05, 4.69) is 15.6 Å². The number of Topliss-reactive ketones (excluding diaryl/α,β-unsaturated/α-hetero) is 1. The van der Waals surface area contributed by atoms with Crippen LogP contribution in [-0.4, -0.2) is 63.8 Å². The first-order chi connectivity index (χ1) is 15.3. The van der Waals surface area contributed by atoms with Crippen LogP contribution >= 0.6 is 11.3 Å². The zero-order valence-corrected chi connectivity index (χ0v) is 21.3. The summed E-state index contributed by atoms with van der Waals surface area (Å²) >= 11 is 1.23. The van der Waals surface area contributed by atoms with Crippen molar-refractivity contribution in [3.63, 3.8) is 0 Å². The Morgan fingerprint density at radius 3 is 2.24 bits per heavy atom. The lowest BCUT2D eigenvalue weighted by Crippen LogP contribution is -2.57. The second kappa shape index (κ2) is 11.1. The lowest BCUT2D eigenvalue weighted by molar-refractivity contribution is -0.141. The smallest absolute Gasteiger partial charge is 0.408 e. The first-order valence-corrected chi connectivity index (χ1v) is 12.2. The van der Waals surface area contributed by atoms with E-state index in [1.807, 2.05) is 27.7 Å². The number of aromatic nitrogens is 1. The van der Waals surface area contributed by atoms with Crippen LogP contribution in [0.4, 0.5) is 4.79 Å². The topological polar surface area (TPSA) is 118 Å². The number of rotatable bonds is 8. The highest BCUT2D eigenvalue weighted by Crippen LogP contribution is 2.22. The third-order valence-electron chi connectivity index (χ3n) is 5.33. The molecule has 0 radical (unpaired) electrons. The Balaban J connectivity index is 2.13.